The Labute approximate surface area is 122 Å². The SMILES string of the molecule is Cc1cc(C)c(Cn2cnc3nn(C)cc3c2=O)c(C)c1. The van der Waals surface area contributed by atoms with Gasteiger partial charge in [-0.1, -0.05) is 17.7 Å². The fourth-order valence-electron chi connectivity index (χ4n) is 2.80. The summed E-state index contributed by atoms with van der Waals surface area (Å²) in [6.07, 6.45) is 3.30. The van der Waals surface area contributed by atoms with E-state index in [2.05, 4.69) is 43.0 Å². The third-order valence-electron chi connectivity index (χ3n) is 3.79. The molecule has 0 saturated heterocycles. The quantitative estimate of drug-likeness (QED) is 0.723. The molecule has 0 atom stereocenters. The van der Waals surface area contributed by atoms with E-state index in [4.69, 9.17) is 0 Å². The molecule has 0 aliphatic heterocycles. The molecular formula is C16H18N4O. The molecule has 1 aromatic carbocycles. The van der Waals surface area contributed by atoms with E-state index in [0.717, 1.165) is 0 Å². The van der Waals surface area contributed by atoms with Crippen molar-refractivity contribution >= 4 is 11.0 Å². The summed E-state index contributed by atoms with van der Waals surface area (Å²) < 4.78 is 3.26. The van der Waals surface area contributed by atoms with Crippen LogP contribution in [0.25, 0.3) is 11.0 Å². The lowest BCUT2D eigenvalue weighted by atomic mass is 10.00. The van der Waals surface area contributed by atoms with Crippen molar-refractivity contribution in [2.24, 2.45) is 7.05 Å². The lowest BCUT2D eigenvalue weighted by Crippen LogP contribution is -2.21. The number of aryl methyl sites for hydroxylation is 4. The first-order valence-electron chi connectivity index (χ1n) is 6.91. The van der Waals surface area contributed by atoms with Gasteiger partial charge in [0.1, 0.15) is 11.7 Å². The predicted octanol–water partition coefficient (Wildman–Crippen LogP) is 2.10. The number of rotatable bonds is 2. The highest BCUT2D eigenvalue weighted by Crippen LogP contribution is 2.17. The smallest absolute Gasteiger partial charge is 0.264 e. The first-order chi connectivity index (χ1) is 9.95. The topological polar surface area (TPSA) is 52.7 Å². The fourth-order valence-corrected chi connectivity index (χ4v) is 2.80. The average Bonchev–Trinajstić information content (AvgIpc) is 2.77. The van der Waals surface area contributed by atoms with Crippen molar-refractivity contribution < 1.29 is 0 Å². The summed E-state index contributed by atoms with van der Waals surface area (Å²) in [5.74, 6) is 0. The van der Waals surface area contributed by atoms with Gasteiger partial charge in [0, 0.05) is 13.2 Å². The van der Waals surface area contributed by atoms with Crippen molar-refractivity contribution in [1.29, 1.82) is 0 Å². The molecule has 3 rings (SSSR count). The predicted molar refractivity (Wildman–Crippen MR) is 82.5 cm³/mol. The van der Waals surface area contributed by atoms with Crippen LogP contribution in [0.15, 0.2) is 29.5 Å². The second-order valence-electron chi connectivity index (χ2n) is 5.59. The molecule has 0 spiro atoms. The molecule has 2 heterocycles. The Hall–Kier alpha value is -2.43. The van der Waals surface area contributed by atoms with Gasteiger partial charge in [0.2, 0.25) is 0 Å². The van der Waals surface area contributed by atoms with Gasteiger partial charge >= 0.3 is 0 Å². The van der Waals surface area contributed by atoms with Crippen LogP contribution in [0.1, 0.15) is 22.3 Å². The number of aromatic nitrogens is 4. The van der Waals surface area contributed by atoms with E-state index in [-0.39, 0.29) is 5.56 Å². The standard InChI is InChI=1S/C16H18N4O/c1-10-5-11(2)13(12(3)6-10)8-20-9-17-15-14(16(20)21)7-19(4)18-15/h5-7,9H,8H2,1-4H3. The van der Waals surface area contributed by atoms with Crippen molar-refractivity contribution in [1.82, 2.24) is 19.3 Å². The Morgan fingerprint density at radius 2 is 1.81 bits per heavy atom. The van der Waals surface area contributed by atoms with E-state index in [1.165, 1.54) is 22.3 Å². The third-order valence-corrected chi connectivity index (χ3v) is 3.79. The number of fused-ring (bicyclic) bond motifs is 1. The minimum atomic E-state index is -0.0486. The van der Waals surface area contributed by atoms with E-state index in [0.29, 0.717) is 17.6 Å². The van der Waals surface area contributed by atoms with Gasteiger partial charge in [-0.05, 0) is 37.5 Å². The van der Waals surface area contributed by atoms with Crippen molar-refractivity contribution in [3.8, 4) is 0 Å². The summed E-state index contributed by atoms with van der Waals surface area (Å²) in [4.78, 5) is 16.8. The van der Waals surface area contributed by atoms with Crippen LogP contribution in [-0.4, -0.2) is 19.3 Å². The Bertz CT molecular complexity index is 866. The van der Waals surface area contributed by atoms with Crippen LogP contribution in [0.3, 0.4) is 0 Å². The Morgan fingerprint density at radius 3 is 2.48 bits per heavy atom. The Kier molecular flexibility index (Phi) is 3.12. The summed E-state index contributed by atoms with van der Waals surface area (Å²) in [6.45, 7) is 6.78. The van der Waals surface area contributed by atoms with Crippen LogP contribution >= 0.6 is 0 Å². The van der Waals surface area contributed by atoms with Gasteiger partial charge in [-0.25, -0.2) is 4.98 Å². The summed E-state index contributed by atoms with van der Waals surface area (Å²) in [5.41, 5.74) is 5.26. The number of nitrogens with zero attached hydrogens (tertiary/aromatic N) is 4. The normalized spacial score (nSPS) is 11.2. The van der Waals surface area contributed by atoms with Crippen molar-refractivity contribution in [2.75, 3.05) is 0 Å². The number of benzene rings is 1. The van der Waals surface area contributed by atoms with Gasteiger partial charge in [-0.2, -0.15) is 5.10 Å². The van der Waals surface area contributed by atoms with Crippen LogP contribution in [0.5, 0.6) is 0 Å². The van der Waals surface area contributed by atoms with Crippen LogP contribution in [0, 0.1) is 20.8 Å². The zero-order valence-corrected chi connectivity index (χ0v) is 12.7. The maximum atomic E-state index is 12.5. The molecule has 3 aromatic rings. The molecule has 0 aliphatic rings. The molecule has 0 fully saturated rings. The Morgan fingerprint density at radius 1 is 1.14 bits per heavy atom. The minimum Gasteiger partial charge on any atom is -0.294 e. The van der Waals surface area contributed by atoms with Crippen LogP contribution < -0.4 is 5.56 Å². The summed E-state index contributed by atoms with van der Waals surface area (Å²) in [5, 5.41) is 4.72. The molecular weight excluding hydrogens is 264 g/mol. The van der Waals surface area contributed by atoms with Gasteiger partial charge in [0.25, 0.3) is 5.56 Å². The zero-order chi connectivity index (χ0) is 15.1. The number of hydrogen-bond donors (Lipinski definition) is 0. The lowest BCUT2D eigenvalue weighted by molar-refractivity contribution is 0.738. The first kappa shape index (κ1) is 13.5. The highest BCUT2D eigenvalue weighted by atomic mass is 16.1. The van der Waals surface area contributed by atoms with Crippen LogP contribution in [-0.2, 0) is 13.6 Å². The monoisotopic (exact) mass is 282 g/mol. The van der Waals surface area contributed by atoms with Gasteiger partial charge in [0.05, 0.1) is 6.54 Å². The second-order valence-corrected chi connectivity index (χ2v) is 5.59. The van der Waals surface area contributed by atoms with Gasteiger partial charge in [-0.15, -0.1) is 0 Å². The van der Waals surface area contributed by atoms with Crippen LogP contribution in [0.4, 0.5) is 0 Å². The molecule has 21 heavy (non-hydrogen) atoms. The molecule has 0 unspecified atom stereocenters. The first-order valence-corrected chi connectivity index (χ1v) is 6.91. The number of hydrogen-bond acceptors (Lipinski definition) is 3. The molecule has 0 bridgehead atoms. The highest BCUT2D eigenvalue weighted by molar-refractivity contribution is 5.72. The molecule has 0 N–H and O–H groups in total. The van der Waals surface area contributed by atoms with E-state index in [1.54, 1.807) is 28.8 Å². The maximum Gasteiger partial charge on any atom is 0.264 e. The van der Waals surface area contributed by atoms with Gasteiger partial charge in [0.15, 0.2) is 5.65 Å². The molecule has 0 saturated carbocycles. The van der Waals surface area contributed by atoms with Crippen molar-refractivity contribution in [3.05, 3.63) is 57.3 Å². The fraction of sp³-hybridized carbons (Fsp3) is 0.312. The largest absolute Gasteiger partial charge is 0.294 e. The minimum absolute atomic E-state index is 0.0486. The molecule has 0 amide bonds. The van der Waals surface area contributed by atoms with Gasteiger partial charge < -0.3 is 0 Å². The summed E-state index contributed by atoms with van der Waals surface area (Å²) >= 11 is 0. The molecule has 2 aromatic heterocycles. The summed E-state index contributed by atoms with van der Waals surface area (Å²) in [7, 11) is 1.79. The zero-order valence-electron chi connectivity index (χ0n) is 12.7. The van der Waals surface area contributed by atoms with E-state index >= 15 is 0 Å². The molecule has 5 heteroatoms. The van der Waals surface area contributed by atoms with E-state index in [9.17, 15) is 4.79 Å². The molecule has 5 nitrogen and oxygen atoms in total. The van der Waals surface area contributed by atoms with Crippen molar-refractivity contribution in [3.63, 3.8) is 0 Å². The third kappa shape index (κ3) is 2.35. The molecule has 108 valence electrons. The van der Waals surface area contributed by atoms with Crippen LogP contribution in [0.2, 0.25) is 0 Å². The molecule has 0 radical (unpaired) electrons. The molecule has 0 aliphatic carbocycles. The van der Waals surface area contributed by atoms with Gasteiger partial charge in [-0.3, -0.25) is 14.0 Å². The van der Waals surface area contributed by atoms with E-state index in [1.807, 2.05) is 0 Å². The van der Waals surface area contributed by atoms with E-state index < -0.39 is 0 Å². The highest BCUT2D eigenvalue weighted by Gasteiger charge is 2.10. The van der Waals surface area contributed by atoms with Crippen molar-refractivity contribution in [2.45, 2.75) is 27.3 Å². The maximum absolute atomic E-state index is 12.5. The average molecular weight is 282 g/mol. The Balaban J connectivity index is 2.10. The summed E-state index contributed by atoms with van der Waals surface area (Å²) in [6, 6.07) is 4.28. The second kappa shape index (κ2) is 4.84. The lowest BCUT2D eigenvalue weighted by Gasteiger charge is -2.12.